The molecule has 1 heterocycles. The van der Waals surface area contributed by atoms with Crippen LogP contribution in [0.15, 0.2) is 36.4 Å². The number of anilines is 2. The molecule has 26 heavy (non-hydrogen) atoms. The first-order chi connectivity index (χ1) is 12.6. The molecule has 0 unspecified atom stereocenters. The molecule has 0 spiro atoms. The van der Waals surface area contributed by atoms with Crippen molar-refractivity contribution in [3.8, 4) is 11.5 Å². The largest absolute Gasteiger partial charge is 0.493 e. The molecule has 1 N–H and O–H groups in total. The van der Waals surface area contributed by atoms with E-state index >= 15 is 0 Å². The standard InChI is InChI=1S/C21H26N2O3/c1-4-26-19-10-7-16(14-20(19)25-3)21(24)22-17-8-9-18(15(2)13-17)23-11-5-6-12-23/h7-10,13-14H,4-6,11-12H2,1-3H3,(H,22,24). The number of hydrogen-bond acceptors (Lipinski definition) is 4. The van der Waals surface area contributed by atoms with Gasteiger partial charge in [0.15, 0.2) is 11.5 Å². The fourth-order valence-corrected chi connectivity index (χ4v) is 3.33. The number of hydrogen-bond donors (Lipinski definition) is 1. The van der Waals surface area contributed by atoms with Crippen LogP contribution in [-0.2, 0) is 0 Å². The van der Waals surface area contributed by atoms with E-state index in [1.54, 1.807) is 25.3 Å². The molecule has 0 aromatic heterocycles. The molecule has 1 saturated heterocycles. The van der Waals surface area contributed by atoms with E-state index in [2.05, 4.69) is 23.2 Å². The molecule has 2 aromatic rings. The SMILES string of the molecule is CCOc1ccc(C(=O)Nc2ccc(N3CCCC3)c(C)c2)cc1OC. The quantitative estimate of drug-likeness (QED) is 0.842. The van der Waals surface area contributed by atoms with Crippen LogP contribution in [0, 0.1) is 6.92 Å². The van der Waals surface area contributed by atoms with Gasteiger partial charge in [-0.3, -0.25) is 4.79 Å². The fraction of sp³-hybridized carbons (Fsp3) is 0.381. The highest BCUT2D eigenvalue weighted by molar-refractivity contribution is 6.04. The van der Waals surface area contributed by atoms with Gasteiger partial charge in [-0.1, -0.05) is 0 Å². The zero-order chi connectivity index (χ0) is 18.5. The van der Waals surface area contributed by atoms with Crippen molar-refractivity contribution in [3.05, 3.63) is 47.5 Å². The lowest BCUT2D eigenvalue weighted by molar-refractivity contribution is 0.102. The molecule has 0 saturated carbocycles. The van der Waals surface area contributed by atoms with E-state index in [1.807, 2.05) is 19.1 Å². The summed E-state index contributed by atoms with van der Waals surface area (Å²) in [6.45, 7) is 6.76. The normalized spacial score (nSPS) is 13.6. The molecule has 138 valence electrons. The topological polar surface area (TPSA) is 50.8 Å². The van der Waals surface area contributed by atoms with Gasteiger partial charge in [0.2, 0.25) is 0 Å². The van der Waals surface area contributed by atoms with Gasteiger partial charge >= 0.3 is 0 Å². The molecule has 1 fully saturated rings. The molecule has 1 aliphatic rings. The number of carbonyl (C=O) groups is 1. The highest BCUT2D eigenvalue weighted by Crippen LogP contribution is 2.29. The van der Waals surface area contributed by atoms with Crippen molar-refractivity contribution in [1.82, 2.24) is 0 Å². The Balaban J connectivity index is 1.74. The molecular weight excluding hydrogens is 328 g/mol. The number of carbonyl (C=O) groups excluding carboxylic acids is 1. The van der Waals surface area contributed by atoms with Gasteiger partial charge in [-0.25, -0.2) is 0 Å². The first-order valence-electron chi connectivity index (χ1n) is 9.10. The minimum atomic E-state index is -0.167. The van der Waals surface area contributed by atoms with Gasteiger partial charge in [-0.2, -0.15) is 0 Å². The average molecular weight is 354 g/mol. The Morgan fingerprint density at radius 2 is 1.88 bits per heavy atom. The van der Waals surface area contributed by atoms with Gasteiger partial charge in [0.1, 0.15) is 0 Å². The minimum Gasteiger partial charge on any atom is -0.493 e. The molecule has 5 heteroatoms. The molecule has 3 rings (SSSR count). The lowest BCUT2D eigenvalue weighted by atomic mass is 10.1. The Morgan fingerprint density at radius 1 is 1.12 bits per heavy atom. The summed E-state index contributed by atoms with van der Waals surface area (Å²) in [5.41, 5.74) is 3.76. The summed E-state index contributed by atoms with van der Waals surface area (Å²) in [5, 5.41) is 2.97. The Kier molecular flexibility index (Phi) is 5.66. The van der Waals surface area contributed by atoms with Gasteiger partial charge in [0.25, 0.3) is 5.91 Å². The maximum atomic E-state index is 12.6. The van der Waals surface area contributed by atoms with Crippen molar-refractivity contribution in [3.63, 3.8) is 0 Å². The van der Waals surface area contributed by atoms with Crippen LogP contribution in [-0.4, -0.2) is 32.7 Å². The van der Waals surface area contributed by atoms with E-state index in [9.17, 15) is 4.79 Å². The van der Waals surface area contributed by atoms with E-state index in [1.165, 1.54) is 24.1 Å². The molecule has 2 aromatic carbocycles. The highest BCUT2D eigenvalue weighted by atomic mass is 16.5. The molecule has 0 aliphatic carbocycles. The maximum absolute atomic E-state index is 12.6. The van der Waals surface area contributed by atoms with Crippen molar-refractivity contribution in [2.24, 2.45) is 0 Å². The van der Waals surface area contributed by atoms with E-state index in [4.69, 9.17) is 9.47 Å². The zero-order valence-corrected chi connectivity index (χ0v) is 15.7. The lowest BCUT2D eigenvalue weighted by Crippen LogP contribution is -2.19. The van der Waals surface area contributed by atoms with E-state index in [-0.39, 0.29) is 5.91 Å². The number of nitrogens with one attached hydrogen (secondary N) is 1. The van der Waals surface area contributed by atoms with E-state index in [0.717, 1.165) is 18.8 Å². The summed E-state index contributed by atoms with van der Waals surface area (Å²) in [6.07, 6.45) is 2.50. The Labute approximate surface area is 154 Å². The van der Waals surface area contributed by atoms with Crippen LogP contribution in [0.5, 0.6) is 11.5 Å². The maximum Gasteiger partial charge on any atom is 0.255 e. The second-order valence-electron chi connectivity index (χ2n) is 6.45. The van der Waals surface area contributed by atoms with Crippen LogP contribution < -0.4 is 19.7 Å². The molecule has 0 radical (unpaired) electrons. The molecule has 1 aliphatic heterocycles. The summed E-state index contributed by atoms with van der Waals surface area (Å²) in [7, 11) is 1.57. The second kappa shape index (κ2) is 8.13. The molecule has 0 atom stereocenters. The molecular formula is C21H26N2O3. The number of rotatable bonds is 6. The number of aryl methyl sites for hydroxylation is 1. The van der Waals surface area contributed by atoms with Crippen LogP contribution in [0.3, 0.4) is 0 Å². The van der Waals surface area contributed by atoms with Gasteiger partial charge < -0.3 is 19.7 Å². The Hall–Kier alpha value is -2.69. The smallest absolute Gasteiger partial charge is 0.255 e. The van der Waals surface area contributed by atoms with Crippen molar-refractivity contribution in [2.45, 2.75) is 26.7 Å². The van der Waals surface area contributed by atoms with E-state index < -0.39 is 0 Å². The number of benzene rings is 2. The van der Waals surface area contributed by atoms with Gasteiger partial charge in [-0.05, 0) is 68.7 Å². The summed E-state index contributed by atoms with van der Waals surface area (Å²) >= 11 is 0. The van der Waals surface area contributed by atoms with Crippen molar-refractivity contribution < 1.29 is 14.3 Å². The summed E-state index contributed by atoms with van der Waals surface area (Å²) in [6, 6.07) is 11.3. The summed E-state index contributed by atoms with van der Waals surface area (Å²) in [5.74, 6) is 1.03. The third-order valence-corrected chi connectivity index (χ3v) is 4.63. The van der Waals surface area contributed by atoms with Crippen LogP contribution >= 0.6 is 0 Å². The molecule has 1 amide bonds. The van der Waals surface area contributed by atoms with Crippen molar-refractivity contribution in [1.29, 1.82) is 0 Å². The van der Waals surface area contributed by atoms with Crippen LogP contribution in [0.1, 0.15) is 35.7 Å². The number of nitrogens with zero attached hydrogens (tertiary/aromatic N) is 1. The van der Waals surface area contributed by atoms with Crippen LogP contribution in [0.4, 0.5) is 11.4 Å². The van der Waals surface area contributed by atoms with E-state index in [0.29, 0.717) is 23.7 Å². The Morgan fingerprint density at radius 3 is 2.54 bits per heavy atom. The number of ether oxygens (including phenoxy) is 2. The van der Waals surface area contributed by atoms with Crippen LogP contribution in [0.2, 0.25) is 0 Å². The third kappa shape index (κ3) is 3.93. The third-order valence-electron chi connectivity index (χ3n) is 4.63. The van der Waals surface area contributed by atoms with Gasteiger partial charge in [-0.15, -0.1) is 0 Å². The molecule has 5 nitrogen and oxygen atoms in total. The monoisotopic (exact) mass is 354 g/mol. The zero-order valence-electron chi connectivity index (χ0n) is 15.7. The van der Waals surface area contributed by atoms with Crippen LogP contribution in [0.25, 0.3) is 0 Å². The highest BCUT2D eigenvalue weighted by Gasteiger charge is 2.15. The number of methoxy groups -OCH3 is 1. The fourth-order valence-electron chi connectivity index (χ4n) is 3.33. The van der Waals surface area contributed by atoms with Gasteiger partial charge in [0, 0.05) is 30.0 Å². The predicted molar refractivity (Wildman–Crippen MR) is 105 cm³/mol. The van der Waals surface area contributed by atoms with Crippen molar-refractivity contribution in [2.75, 3.05) is 37.0 Å². The minimum absolute atomic E-state index is 0.167. The predicted octanol–water partition coefficient (Wildman–Crippen LogP) is 4.25. The lowest BCUT2D eigenvalue weighted by Gasteiger charge is -2.20. The van der Waals surface area contributed by atoms with Gasteiger partial charge in [0.05, 0.1) is 13.7 Å². The average Bonchev–Trinajstić information content (AvgIpc) is 3.16. The second-order valence-corrected chi connectivity index (χ2v) is 6.45. The Bertz CT molecular complexity index is 783. The summed E-state index contributed by atoms with van der Waals surface area (Å²) < 4.78 is 10.8. The first kappa shape index (κ1) is 18.1. The van der Waals surface area contributed by atoms with Crippen molar-refractivity contribution >= 4 is 17.3 Å². The first-order valence-corrected chi connectivity index (χ1v) is 9.10. The number of amides is 1. The molecule has 0 bridgehead atoms. The summed E-state index contributed by atoms with van der Waals surface area (Å²) in [4.78, 5) is 15.0.